The number of hydrogen-bond donors (Lipinski definition) is 0. The highest BCUT2D eigenvalue weighted by Gasteiger charge is 2.31. The average molecular weight is 299 g/mol. The first kappa shape index (κ1) is 13.2. The van der Waals surface area contributed by atoms with Gasteiger partial charge in [0.2, 0.25) is 0 Å². The largest absolute Gasteiger partial charge is 0.395 e. The van der Waals surface area contributed by atoms with Crippen molar-refractivity contribution in [1.29, 1.82) is 0 Å². The monoisotopic (exact) mass is 298 g/mol. The van der Waals surface area contributed by atoms with E-state index >= 15 is 0 Å². The molecule has 1 rings (SSSR count). The number of halogens is 5. The lowest BCUT2D eigenvalue weighted by molar-refractivity contribution is -0.151. The van der Waals surface area contributed by atoms with Crippen molar-refractivity contribution in [2.75, 3.05) is 0 Å². The van der Waals surface area contributed by atoms with Crippen LogP contribution in [0.3, 0.4) is 0 Å². The molecule has 0 N–H and O–H groups in total. The number of alkyl halides is 3. The smallest absolute Gasteiger partial charge is 0.299 e. The summed E-state index contributed by atoms with van der Waals surface area (Å²) in [6.45, 7) is 0. The number of hydrogen-bond acceptors (Lipinski definition) is 1. The Kier molecular flexibility index (Phi) is 4.07. The molecule has 0 saturated carbocycles. The molecule has 0 aromatic heterocycles. The summed E-state index contributed by atoms with van der Waals surface area (Å²) in [5.74, 6) is -1.73. The molecule has 0 saturated heterocycles. The van der Waals surface area contributed by atoms with E-state index in [4.69, 9.17) is 0 Å². The van der Waals surface area contributed by atoms with Gasteiger partial charge in [-0.2, -0.15) is 13.2 Å². The average Bonchev–Trinajstić information content (AvgIpc) is 2.08. The van der Waals surface area contributed by atoms with Crippen LogP contribution in [-0.2, 0) is 11.2 Å². The predicted octanol–water partition coefficient (Wildman–Crippen LogP) is 3.65. The summed E-state index contributed by atoms with van der Waals surface area (Å²) >= 11 is 3.05. The minimum atomic E-state index is -4.54. The zero-order valence-electron chi connectivity index (χ0n) is 7.94. The summed E-state index contributed by atoms with van der Waals surface area (Å²) in [6.07, 6.45) is -6.62. The fourth-order valence-electron chi connectivity index (χ4n) is 1.18. The van der Waals surface area contributed by atoms with Gasteiger partial charge in [-0.25, -0.2) is 4.39 Å². The first-order valence-corrected chi connectivity index (χ1v) is 5.09. The molecule has 0 atom stereocenters. The molecule has 0 aliphatic heterocycles. The first-order chi connectivity index (χ1) is 7.28. The maximum Gasteiger partial charge on any atom is 0.395 e. The third kappa shape index (κ3) is 4.30. The van der Waals surface area contributed by atoms with Crippen molar-refractivity contribution in [3.63, 3.8) is 0 Å². The van der Waals surface area contributed by atoms with Crippen LogP contribution in [0.4, 0.5) is 17.6 Å². The second kappa shape index (κ2) is 4.95. The maximum absolute atomic E-state index is 13.1. The van der Waals surface area contributed by atoms with Crippen molar-refractivity contribution < 1.29 is 22.4 Å². The Morgan fingerprint density at radius 2 is 1.94 bits per heavy atom. The normalized spacial score (nSPS) is 11.6. The Balaban J connectivity index is 2.73. The minimum absolute atomic E-state index is 0.0383. The highest BCUT2D eigenvalue weighted by molar-refractivity contribution is 9.10. The summed E-state index contributed by atoms with van der Waals surface area (Å²) in [4.78, 5) is 11.0. The van der Waals surface area contributed by atoms with Gasteiger partial charge in [0, 0.05) is 10.9 Å². The third-order valence-corrected chi connectivity index (χ3v) is 2.29. The van der Waals surface area contributed by atoms with Crippen LogP contribution in [0, 0.1) is 5.82 Å². The van der Waals surface area contributed by atoms with Crippen LogP contribution in [0.2, 0.25) is 0 Å². The van der Waals surface area contributed by atoms with E-state index in [-0.39, 0.29) is 5.56 Å². The predicted molar refractivity (Wildman–Crippen MR) is 53.5 cm³/mol. The minimum Gasteiger partial charge on any atom is -0.299 e. The van der Waals surface area contributed by atoms with Crippen molar-refractivity contribution in [2.45, 2.75) is 19.0 Å². The quantitative estimate of drug-likeness (QED) is 0.779. The van der Waals surface area contributed by atoms with Crippen molar-refractivity contribution in [3.8, 4) is 0 Å². The highest BCUT2D eigenvalue weighted by Crippen LogP contribution is 2.22. The van der Waals surface area contributed by atoms with Gasteiger partial charge in [-0.15, -0.1) is 0 Å². The van der Waals surface area contributed by atoms with E-state index in [1.807, 2.05) is 0 Å². The molecule has 0 heterocycles. The molecular formula is C10H7BrF4O. The number of carbonyl (C=O) groups excluding carboxylic acids is 1. The lowest BCUT2D eigenvalue weighted by atomic mass is 10.1. The van der Waals surface area contributed by atoms with E-state index in [0.29, 0.717) is 4.47 Å². The number of Topliss-reactive ketones (excluding diaryl/α,β-unsaturated/α-hetero) is 1. The molecule has 0 fully saturated rings. The second-order valence-corrected chi connectivity index (χ2v) is 4.16. The van der Waals surface area contributed by atoms with Crippen LogP contribution < -0.4 is 0 Å². The molecule has 0 radical (unpaired) electrons. The Labute approximate surface area is 97.6 Å². The molecule has 0 aliphatic rings. The van der Waals surface area contributed by atoms with Crippen LogP contribution in [0.5, 0.6) is 0 Å². The lowest BCUT2D eigenvalue weighted by Crippen LogP contribution is -2.16. The Morgan fingerprint density at radius 3 is 2.50 bits per heavy atom. The SMILES string of the molecule is O=C(Cc1cc(Br)ccc1F)CC(F)(F)F. The fraction of sp³-hybridized carbons (Fsp3) is 0.300. The van der Waals surface area contributed by atoms with Crippen LogP contribution in [-0.4, -0.2) is 12.0 Å². The molecule has 0 amide bonds. The second-order valence-electron chi connectivity index (χ2n) is 3.24. The maximum atomic E-state index is 13.1. The van der Waals surface area contributed by atoms with Gasteiger partial charge in [-0.1, -0.05) is 15.9 Å². The van der Waals surface area contributed by atoms with Crippen LogP contribution in [0.15, 0.2) is 22.7 Å². The van der Waals surface area contributed by atoms with E-state index in [2.05, 4.69) is 15.9 Å². The van der Waals surface area contributed by atoms with E-state index in [9.17, 15) is 22.4 Å². The van der Waals surface area contributed by atoms with E-state index < -0.39 is 30.6 Å². The van der Waals surface area contributed by atoms with Gasteiger partial charge in [0.1, 0.15) is 18.0 Å². The molecular weight excluding hydrogens is 292 g/mol. The van der Waals surface area contributed by atoms with Gasteiger partial charge in [0.15, 0.2) is 0 Å². The first-order valence-electron chi connectivity index (χ1n) is 4.30. The van der Waals surface area contributed by atoms with Crippen molar-refractivity contribution in [1.82, 2.24) is 0 Å². The van der Waals surface area contributed by atoms with E-state index in [0.717, 1.165) is 6.07 Å². The fourth-order valence-corrected chi connectivity index (χ4v) is 1.59. The molecule has 1 aromatic rings. The molecule has 0 unspecified atom stereocenters. The third-order valence-electron chi connectivity index (χ3n) is 1.79. The number of rotatable bonds is 3. The topological polar surface area (TPSA) is 17.1 Å². The Morgan fingerprint density at radius 1 is 1.31 bits per heavy atom. The van der Waals surface area contributed by atoms with Crippen molar-refractivity contribution in [3.05, 3.63) is 34.1 Å². The van der Waals surface area contributed by atoms with Gasteiger partial charge in [0.05, 0.1) is 0 Å². The Hall–Kier alpha value is -0.910. The molecule has 88 valence electrons. The molecule has 16 heavy (non-hydrogen) atoms. The summed E-state index contributed by atoms with van der Waals surface area (Å²) in [5.41, 5.74) is -0.0383. The number of ketones is 1. The van der Waals surface area contributed by atoms with Gasteiger partial charge < -0.3 is 0 Å². The summed E-state index contributed by atoms with van der Waals surface area (Å²) in [6, 6.07) is 3.80. The Bertz CT molecular complexity index is 400. The lowest BCUT2D eigenvalue weighted by Gasteiger charge is -2.06. The van der Waals surface area contributed by atoms with Gasteiger partial charge >= 0.3 is 6.18 Å². The van der Waals surface area contributed by atoms with E-state index in [1.165, 1.54) is 12.1 Å². The number of benzene rings is 1. The summed E-state index contributed by atoms with van der Waals surface area (Å²) in [7, 11) is 0. The standard InChI is InChI=1S/C10H7BrF4O/c11-7-1-2-9(12)6(3-7)4-8(16)5-10(13,14)15/h1-3H,4-5H2. The molecule has 1 nitrogen and oxygen atoms in total. The zero-order chi connectivity index (χ0) is 12.3. The molecule has 6 heteroatoms. The molecule has 0 bridgehead atoms. The van der Waals surface area contributed by atoms with Crippen LogP contribution >= 0.6 is 15.9 Å². The zero-order valence-corrected chi connectivity index (χ0v) is 9.53. The molecule has 0 spiro atoms. The van der Waals surface area contributed by atoms with Crippen LogP contribution in [0.25, 0.3) is 0 Å². The van der Waals surface area contributed by atoms with Crippen LogP contribution in [0.1, 0.15) is 12.0 Å². The van der Waals surface area contributed by atoms with Crippen molar-refractivity contribution >= 4 is 21.7 Å². The summed E-state index contributed by atoms with van der Waals surface area (Å²) in [5, 5.41) is 0. The van der Waals surface area contributed by atoms with Gasteiger partial charge in [-0.3, -0.25) is 4.79 Å². The van der Waals surface area contributed by atoms with Crippen molar-refractivity contribution in [2.24, 2.45) is 0 Å². The summed E-state index contributed by atoms with van der Waals surface area (Å²) < 4.78 is 49.2. The van der Waals surface area contributed by atoms with Gasteiger partial charge in [-0.05, 0) is 23.8 Å². The number of carbonyl (C=O) groups is 1. The van der Waals surface area contributed by atoms with E-state index in [1.54, 1.807) is 0 Å². The molecule has 0 aliphatic carbocycles. The molecule has 1 aromatic carbocycles. The highest BCUT2D eigenvalue weighted by atomic mass is 79.9. The van der Waals surface area contributed by atoms with Gasteiger partial charge in [0.25, 0.3) is 0 Å².